The van der Waals surface area contributed by atoms with Gasteiger partial charge in [0, 0.05) is 24.7 Å². The molecule has 0 radical (unpaired) electrons. The number of nitrogens with zero attached hydrogens (tertiary/aromatic N) is 2. The summed E-state index contributed by atoms with van der Waals surface area (Å²) in [5.41, 5.74) is 1.23. The van der Waals surface area contributed by atoms with E-state index in [-0.39, 0.29) is 29.8 Å². The lowest BCUT2D eigenvalue weighted by atomic mass is 9.96. The molecule has 0 saturated carbocycles. The minimum atomic E-state index is -0.386. The van der Waals surface area contributed by atoms with Gasteiger partial charge in [-0.05, 0) is 50.1 Å². The molecular weight excluding hydrogens is 373 g/mol. The van der Waals surface area contributed by atoms with Crippen LogP contribution in [-0.2, 0) is 4.79 Å². The summed E-state index contributed by atoms with van der Waals surface area (Å²) >= 11 is 0. The smallest absolute Gasteiger partial charge is 0.324 e. The van der Waals surface area contributed by atoms with E-state index in [1.165, 1.54) is 12.1 Å². The maximum atomic E-state index is 13.3. The Morgan fingerprint density at radius 3 is 2.62 bits per heavy atom. The van der Waals surface area contributed by atoms with Crippen LogP contribution in [0.25, 0.3) is 0 Å². The van der Waals surface area contributed by atoms with Gasteiger partial charge in [-0.25, -0.2) is 9.18 Å². The standard InChI is InChI=1S/C22H24FN3O3/c1-15-14-26(19-7-2-3-8-20(19)29-15)22(28)25-11-9-16(10-12-25)21(27)24-18-6-4-5-17(23)13-18/h2-8,13,15-16H,9-12,14H2,1H3,(H,24,27). The fourth-order valence-electron chi connectivity index (χ4n) is 3.88. The number of rotatable bonds is 2. The molecule has 1 fully saturated rings. The number of para-hydroxylation sites is 2. The summed E-state index contributed by atoms with van der Waals surface area (Å²) < 4.78 is 19.1. The van der Waals surface area contributed by atoms with Crippen LogP contribution < -0.4 is 15.0 Å². The maximum absolute atomic E-state index is 13.3. The summed E-state index contributed by atoms with van der Waals surface area (Å²) in [7, 11) is 0. The highest BCUT2D eigenvalue weighted by Crippen LogP contribution is 2.34. The number of benzene rings is 2. The van der Waals surface area contributed by atoms with E-state index >= 15 is 0 Å². The van der Waals surface area contributed by atoms with Crippen molar-refractivity contribution in [3.8, 4) is 5.75 Å². The molecule has 2 aliphatic heterocycles. The number of anilines is 2. The molecule has 3 amide bonds. The van der Waals surface area contributed by atoms with E-state index in [4.69, 9.17) is 4.74 Å². The Hall–Kier alpha value is -3.09. The van der Waals surface area contributed by atoms with Gasteiger partial charge >= 0.3 is 6.03 Å². The number of hydrogen-bond acceptors (Lipinski definition) is 3. The lowest BCUT2D eigenvalue weighted by Crippen LogP contribution is -2.51. The lowest BCUT2D eigenvalue weighted by molar-refractivity contribution is -0.121. The molecule has 6 nitrogen and oxygen atoms in total. The molecule has 0 aliphatic carbocycles. The molecule has 0 aromatic heterocycles. The van der Waals surface area contributed by atoms with Crippen LogP contribution in [0, 0.1) is 11.7 Å². The number of ether oxygens (including phenoxy) is 1. The summed E-state index contributed by atoms with van der Waals surface area (Å²) in [4.78, 5) is 29.2. The Morgan fingerprint density at radius 2 is 1.86 bits per heavy atom. The van der Waals surface area contributed by atoms with Crippen LogP contribution >= 0.6 is 0 Å². The Bertz CT molecular complexity index is 912. The second kappa shape index (κ2) is 8.11. The topological polar surface area (TPSA) is 61.9 Å². The fraction of sp³-hybridized carbons (Fsp3) is 0.364. The maximum Gasteiger partial charge on any atom is 0.324 e. The molecule has 1 atom stereocenters. The Kier molecular flexibility index (Phi) is 5.38. The van der Waals surface area contributed by atoms with E-state index in [1.807, 2.05) is 31.2 Å². The summed E-state index contributed by atoms with van der Waals surface area (Å²) in [6.07, 6.45) is 1.08. The lowest BCUT2D eigenvalue weighted by Gasteiger charge is -2.39. The molecule has 2 aliphatic rings. The van der Waals surface area contributed by atoms with Crippen LogP contribution in [0.2, 0.25) is 0 Å². The molecule has 1 saturated heterocycles. The number of carbonyl (C=O) groups is 2. The van der Waals surface area contributed by atoms with Gasteiger partial charge in [-0.3, -0.25) is 9.69 Å². The molecule has 4 rings (SSSR count). The second-order valence-electron chi connectivity index (χ2n) is 7.55. The molecule has 0 spiro atoms. The van der Waals surface area contributed by atoms with Crippen LogP contribution in [-0.4, -0.2) is 42.6 Å². The molecule has 7 heteroatoms. The number of urea groups is 1. The van der Waals surface area contributed by atoms with Crippen molar-refractivity contribution in [3.05, 3.63) is 54.3 Å². The van der Waals surface area contributed by atoms with Crippen molar-refractivity contribution >= 4 is 23.3 Å². The molecule has 29 heavy (non-hydrogen) atoms. The fourth-order valence-corrected chi connectivity index (χ4v) is 3.88. The number of amides is 3. The highest BCUT2D eigenvalue weighted by molar-refractivity contribution is 5.95. The molecule has 0 bridgehead atoms. The van der Waals surface area contributed by atoms with E-state index in [0.717, 1.165) is 5.69 Å². The number of halogens is 1. The van der Waals surface area contributed by atoms with Crippen LogP contribution in [0.3, 0.4) is 0 Å². The van der Waals surface area contributed by atoms with Gasteiger partial charge < -0.3 is 15.0 Å². The summed E-state index contributed by atoms with van der Waals surface area (Å²) in [6.45, 7) is 3.46. The van der Waals surface area contributed by atoms with Crippen molar-refractivity contribution < 1.29 is 18.7 Å². The van der Waals surface area contributed by atoms with Crippen LogP contribution in [0.15, 0.2) is 48.5 Å². The first-order valence-corrected chi connectivity index (χ1v) is 9.90. The molecular formula is C22H24FN3O3. The van der Waals surface area contributed by atoms with Gasteiger partial charge in [0.15, 0.2) is 0 Å². The number of carbonyl (C=O) groups excluding carboxylic acids is 2. The van der Waals surface area contributed by atoms with E-state index in [2.05, 4.69) is 5.32 Å². The van der Waals surface area contributed by atoms with Crippen molar-refractivity contribution in [1.82, 2.24) is 4.90 Å². The number of hydrogen-bond donors (Lipinski definition) is 1. The number of piperidine rings is 1. The monoisotopic (exact) mass is 397 g/mol. The van der Waals surface area contributed by atoms with Crippen LogP contribution in [0.5, 0.6) is 5.75 Å². The average Bonchev–Trinajstić information content (AvgIpc) is 2.72. The van der Waals surface area contributed by atoms with Crippen molar-refractivity contribution in [2.75, 3.05) is 29.9 Å². The minimum absolute atomic E-state index is 0.0587. The molecule has 2 aromatic carbocycles. The average molecular weight is 397 g/mol. The summed E-state index contributed by atoms with van der Waals surface area (Å²) in [5.74, 6) is -0.00144. The van der Waals surface area contributed by atoms with E-state index < -0.39 is 0 Å². The molecule has 2 heterocycles. The second-order valence-corrected chi connectivity index (χ2v) is 7.55. The van der Waals surface area contributed by atoms with Gasteiger partial charge in [-0.1, -0.05) is 18.2 Å². The zero-order valence-electron chi connectivity index (χ0n) is 16.3. The molecule has 1 N–H and O–H groups in total. The van der Waals surface area contributed by atoms with Crippen molar-refractivity contribution in [3.63, 3.8) is 0 Å². The van der Waals surface area contributed by atoms with Gasteiger partial charge in [0.2, 0.25) is 5.91 Å². The van der Waals surface area contributed by atoms with Crippen molar-refractivity contribution in [2.45, 2.75) is 25.9 Å². The SMILES string of the molecule is CC1CN(C(=O)N2CCC(C(=O)Nc3cccc(F)c3)CC2)c2ccccc2O1. The third kappa shape index (κ3) is 4.18. The predicted molar refractivity (Wildman–Crippen MR) is 109 cm³/mol. The first kappa shape index (κ1) is 19.2. The summed E-state index contributed by atoms with van der Waals surface area (Å²) in [5, 5.41) is 2.77. The normalized spacial score (nSPS) is 19.3. The van der Waals surface area contributed by atoms with Gasteiger partial charge in [-0.2, -0.15) is 0 Å². The quantitative estimate of drug-likeness (QED) is 0.837. The Morgan fingerprint density at radius 1 is 1.10 bits per heavy atom. The zero-order chi connectivity index (χ0) is 20.4. The predicted octanol–water partition coefficient (Wildman–Crippen LogP) is 3.88. The largest absolute Gasteiger partial charge is 0.487 e. The zero-order valence-corrected chi connectivity index (χ0v) is 16.3. The van der Waals surface area contributed by atoms with E-state index in [0.29, 0.717) is 43.9 Å². The van der Waals surface area contributed by atoms with Gasteiger partial charge in [0.1, 0.15) is 17.7 Å². The minimum Gasteiger partial charge on any atom is -0.487 e. The van der Waals surface area contributed by atoms with E-state index in [1.54, 1.807) is 21.9 Å². The molecule has 2 aromatic rings. The first-order chi connectivity index (χ1) is 14.0. The van der Waals surface area contributed by atoms with Crippen LogP contribution in [0.4, 0.5) is 20.6 Å². The van der Waals surface area contributed by atoms with Gasteiger partial charge in [0.25, 0.3) is 0 Å². The van der Waals surface area contributed by atoms with Crippen molar-refractivity contribution in [2.24, 2.45) is 5.92 Å². The third-order valence-electron chi connectivity index (χ3n) is 5.38. The first-order valence-electron chi connectivity index (χ1n) is 9.90. The van der Waals surface area contributed by atoms with Gasteiger partial charge in [-0.15, -0.1) is 0 Å². The highest BCUT2D eigenvalue weighted by Gasteiger charge is 2.33. The van der Waals surface area contributed by atoms with E-state index in [9.17, 15) is 14.0 Å². The number of fused-ring (bicyclic) bond motifs is 1. The Labute approximate surface area is 169 Å². The number of nitrogens with one attached hydrogen (secondary N) is 1. The van der Waals surface area contributed by atoms with Gasteiger partial charge in [0.05, 0.1) is 12.2 Å². The molecule has 1 unspecified atom stereocenters. The highest BCUT2D eigenvalue weighted by atomic mass is 19.1. The Balaban J connectivity index is 1.37. The van der Waals surface area contributed by atoms with Crippen molar-refractivity contribution in [1.29, 1.82) is 0 Å². The summed E-state index contributed by atoms with van der Waals surface area (Å²) in [6, 6.07) is 13.3. The third-order valence-corrected chi connectivity index (χ3v) is 5.38. The van der Waals surface area contributed by atoms with Crippen LogP contribution in [0.1, 0.15) is 19.8 Å². The molecule has 152 valence electrons. The number of likely N-dealkylation sites (tertiary alicyclic amines) is 1.